The normalized spacial score (nSPS) is 13.7. The average molecular weight is 384 g/mol. The zero-order chi connectivity index (χ0) is 19.9. The molecule has 5 nitrogen and oxygen atoms in total. The molecule has 4 rings (SSSR count). The summed E-state index contributed by atoms with van der Waals surface area (Å²) in [5.41, 5.74) is 2.06. The number of alkyl halides is 3. The first kappa shape index (κ1) is 18.1. The number of nitrogens with zero attached hydrogens (tertiary/aromatic N) is 4. The van der Waals surface area contributed by atoms with Crippen LogP contribution in [0.3, 0.4) is 0 Å². The Kier molecular flexibility index (Phi) is 4.33. The number of carbonyl (C=O) groups is 1. The minimum Gasteiger partial charge on any atom is -0.304 e. The Balaban J connectivity index is 1.70. The van der Waals surface area contributed by atoms with Gasteiger partial charge in [-0.1, -0.05) is 12.1 Å². The lowest BCUT2D eigenvalue weighted by atomic mass is 10.0. The largest absolute Gasteiger partial charge is 0.416 e. The van der Waals surface area contributed by atoms with E-state index in [0.29, 0.717) is 34.0 Å². The highest BCUT2D eigenvalue weighted by Crippen LogP contribution is 2.35. The molecule has 142 valence electrons. The van der Waals surface area contributed by atoms with Crippen molar-refractivity contribution in [1.82, 2.24) is 15.0 Å². The zero-order valence-corrected chi connectivity index (χ0v) is 14.9. The van der Waals surface area contributed by atoms with Crippen LogP contribution in [0.5, 0.6) is 0 Å². The third kappa shape index (κ3) is 3.45. The lowest BCUT2D eigenvalue weighted by Crippen LogP contribution is -2.26. The monoisotopic (exact) mass is 384 g/mol. The second-order valence-corrected chi connectivity index (χ2v) is 6.52. The summed E-state index contributed by atoms with van der Waals surface area (Å²) in [6.07, 6.45) is -1.15. The first-order chi connectivity index (χ1) is 13.3. The Bertz CT molecular complexity index is 1070. The van der Waals surface area contributed by atoms with Crippen LogP contribution in [0.4, 0.5) is 18.9 Å². The molecule has 1 aliphatic heterocycles. The number of anilines is 1. The molecule has 1 aromatic carbocycles. The molecule has 0 spiro atoms. The molecule has 0 bridgehead atoms. The molecular weight excluding hydrogens is 369 g/mol. The number of fused-ring (bicyclic) bond motifs is 1. The second kappa shape index (κ2) is 6.70. The van der Waals surface area contributed by atoms with Crippen molar-refractivity contribution in [3.63, 3.8) is 0 Å². The van der Waals surface area contributed by atoms with Crippen LogP contribution in [0.2, 0.25) is 0 Å². The van der Waals surface area contributed by atoms with E-state index in [-0.39, 0.29) is 18.9 Å². The maximum atomic E-state index is 13.0. The van der Waals surface area contributed by atoms with Gasteiger partial charge in [0.2, 0.25) is 5.91 Å². The molecule has 0 aliphatic carbocycles. The summed E-state index contributed by atoms with van der Waals surface area (Å²) in [4.78, 5) is 26.7. The Morgan fingerprint density at radius 1 is 1.11 bits per heavy atom. The highest BCUT2D eigenvalue weighted by atomic mass is 19.4. The fourth-order valence-electron chi connectivity index (χ4n) is 3.19. The minimum absolute atomic E-state index is 0.125. The van der Waals surface area contributed by atoms with E-state index in [0.717, 1.165) is 12.1 Å². The molecule has 1 amide bonds. The fraction of sp³-hybridized carbons (Fsp3) is 0.200. The summed E-state index contributed by atoms with van der Waals surface area (Å²) in [6, 6.07) is 8.49. The number of carbonyl (C=O) groups excluding carboxylic acids is 1. The van der Waals surface area contributed by atoms with Gasteiger partial charge in [0.15, 0.2) is 0 Å². The molecule has 0 N–H and O–H groups in total. The van der Waals surface area contributed by atoms with E-state index < -0.39 is 11.7 Å². The van der Waals surface area contributed by atoms with Crippen LogP contribution in [0.15, 0.2) is 48.8 Å². The van der Waals surface area contributed by atoms with Crippen molar-refractivity contribution in [1.29, 1.82) is 0 Å². The van der Waals surface area contributed by atoms with E-state index in [4.69, 9.17) is 0 Å². The van der Waals surface area contributed by atoms with Crippen molar-refractivity contribution in [2.75, 3.05) is 4.90 Å². The zero-order valence-electron chi connectivity index (χ0n) is 14.9. The van der Waals surface area contributed by atoms with Crippen molar-refractivity contribution in [3.05, 3.63) is 71.6 Å². The number of amides is 1. The molecule has 0 radical (unpaired) electrons. The summed E-state index contributed by atoms with van der Waals surface area (Å²) in [6.45, 7) is 2.01. The Hall–Kier alpha value is -3.29. The van der Waals surface area contributed by atoms with Gasteiger partial charge in [-0.3, -0.25) is 9.78 Å². The molecule has 0 saturated heterocycles. The third-order valence-corrected chi connectivity index (χ3v) is 4.53. The van der Waals surface area contributed by atoms with Crippen molar-refractivity contribution in [3.8, 4) is 11.1 Å². The Labute approximate surface area is 158 Å². The molecule has 0 unspecified atom stereocenters. The van der Waals surface area contributed by atoms with Crippen LogP contribution in [-0.2, 0) is 23.9 Å². The quantitative estimate of drug-likeness (QED) is 0.686. The molecule has 3 aromatic rings. The number of aromatic nitrogens is 3. The summed E-state index contributed by atoms with van der Waals surface area (Å²) in [5.74, 6) is 0.472. The van der Waals surface area contributed by atoms with E-state index >= 15 is 0 Å². The van der Waals surface area contributed by atoms with Gasteiger partial charge >= 0.3 is 6.18 Å². The van der Waals surface area contributed by atoms with Crippen molar-refractivity contribution in [2.24, 2.45) is 0 Å². The SMILES string of the molecule is Cc1nccc(CN2C(=O)Cc3ncc(-c4cccc(C(F)(F)F)c4)cc32)n1. The number of rotatable bonds is 3. The number of benzene rings is 1. The molecule has 0 fully saturated rings. The highest BCUT2D eigenvalue weighted by molar-refractivity contribution is 6.01. The molecule has 2 aromatic heterocycles. The van der Waals surface area contributed by atoms with Crippen LogP contribution in [0.25, 0.3) is 11.1 Å². The molecule has 1 aliphatic rings. The predicted molar refractivity (Wildman–Crippen MR) is 96.3 cm³/mol. The first-order valence-corrected chi connectivity index (χ1v) is 8.57. The van der Waals surface area contributed by atoms with Gasteiger partial charge < -0.3 is 4.90 Å². The van der Waals surface area contributed by atoms with Gasteiger partial charge in [-0.25, -0.2) is 9.97 Å². The lowest BCUT2D eigenvalue weighted by Gasteiger charge is -2.17. The fourth-order valence-corrected chi connectivity index (χ4v) is 3.19. The number of halogens is 3. The van der Waals surface area contributed by atoms with E-state index in [1.807, 2.05) is 0 Å². The highest BCUT2D eigenvalue weighted by Gasteiger charge is 2.31. The van der Waals surface area contributed by atoms with E-state index in [2.05, 4.69) is 15.0 Å². The van der Waals surface area contributed by atoms with Crippen LogP contribution < -0.4 is 4.90 Å². The lowest BCUT2D eigenvalue weighted by molar-refractivity contribution is -0.137. The van der Waals surface area contributed by atoms with Gasteiger partial charge in [0, 0.05) is 18.0 Å². The van der Waals surface area contributed by atoms with Gasteiger partial charge in [-0.05, 0) is 36.8 Å². The van der Waals surface area contributed by atoms with Crippen LogP contribution in [0, 0.1) is 6.92 Å². The predicted octanol–water partition coefficient (Wildman–Crippen LogP) is 3.96. The van der Waals surface area contributed by atoms with Gasteiger partial charge in [0.25, 0.3) is 0 Å². The number of hydrogen-bond donors (Lipinski definition) is 0. The molecule has 0 atom stereocenters. The average Bonchev–Trinajstić information content (AvgIpc) is 2.96. The van der Waals surface area contributed by atoms with Crippen LogP contribution in [0.1, 0.15) is 22.8 Å². The summed E-state index contributed by atoms with van der Waals surface area (Å²) in [7, 11) is 0. The number of hydrogen-bond acceptors (Lipinski definition) is 4. The van der Waals surface area contributed by atoms with E-state index in [1.54, 1.807) is 36.2 Å². The summed E-state index contributed by atoms with van der Waals surface area (Å²) >= 11 is 0. The summed E-state index contributed by atoms with van der Waals surface area (Å²) < 4.78 is 39.0. The first-order valence-electron chi connectivity index (χ1n) is 8.57. The van der Waals surface area contributed by atoms with Gasteiger partial charge in [0.05, 0.1) is 35.6 Å². The smallest absolute Gasteiger partial charge is 0.304 e. The summed E-state index contributed by atoms with van der Waals surface area (Å²) in [5, 5.41) is 0. The van der Waals surface area contributed by atoms with Gasteiger partial charge in [-0.15, -0.1) is 0 Å². The van der Waals surface area contributed by atoms with Gasteiger partial charge in [-0.2, -0.15) is 13.2 Å². The van der Waals surface area contributed by atoms with Gasteiger partial charge in [0.1, 0.15) is 5.82 Å². The number of pyridine rings is 1. The van der Waals surface area contributed by atoms with Crippen molar-refractivity contribution in [2.45, 2.75) is 26.1 Å². The van der Waals surface area contributed by atoms with Crippen molar-refractivity contribution < 1.29 is 18.0 Å². The second-order valence-electron chi connectivity index (χ2n) is 6.52. The van der Waals surface area contributed by atoms with E-state index in [9.17, 15) is 18.0 Å². The molecule has 8 heteroatoms. The third-order valence-electron chi connectivity index (χ3n) is 4.53. The van der Waals surface area contributed by atoms with Crippen LogP contribution >= 0.6 is 0 Å². The Morgan fingerprint density at radius 3 is 2.68 bits per heavy atom. The molecule has 28 heavy (non-hydrogen) atoms. The maximum Gasteiger partial charge on any atom is 0.416 e. The maximum absolute atomic E-state index is 13.0. The number of aryl methyl sites for hydroxylation is 1. The molecule has 3 heterocycles. The topological polar surface area (TPSA) is 59.0 Å². The minimum atomic E-state index is -4.42. The van der Waals surface area contributed by atoms with Crippen LogP contribution in [-0.4, -0.2) is 20.9 Å². The van der Waals surface area contributed by atoms with E-state index in [1.165, 1.54) is 12.3 Å². The molecule has 0 saturated carbocycles. The molecular formula is C20H15F3N4O. The Morgan fingerprint density at radius 2 is 1.93 bits per heavy atom. The standard InChI is InChI=1S/C20H15F3N4O/c1-12-24-6-5-16(26-12)11-27-18-8-14(10-25-17(18)9-19(27)28)13-3-2-4-15(7-13)20(21,22)23/h2-8,10H,9,11H2,1H3. The van der Waals surface area contributed by atoms with Crippen molar-refractivity contribution >= 4 is 11.6 Å².